The third-order valence-electron chi connectivity index (χ3n) is 5.23. The van der Waals surface area contributed by atoms with Gasteiger partial charge in [-0.3, -0.25) is 0 Å². The fourth-order valence-electron chi connectivity index (χ4n) is 3.42. The number of carbonyl (C=O) groups is 1. The molecule has 166 valence electrons. The highest BCUT2D eigenvalue weighted by Gasteiger charge is 2.28. The number of carbonyl (C=O) groups excluding carboxylic acids is 1. The van der Waals surface area contributed by atoms with E-state index in [2.05, 4.69) is 20.8 Å². The SMILES string of the molecule is CC(C)(C)OC(=O)N1CCN(c2nc(-c3ccc(C=N)c(NC4CNC4)c3)no2)CC1. The number of aromatic nitrogens is 2. The van der Waals surface area contributed by atoms with Crippen molar-refractivity contribution in [2.24, 2.45) is 0 Å². The Morgan fingerprint density at radius 1 is 1.29 bits per heavy atom. The van der Waals surface area contributed by atoms with Crippen LogP contribution in [0.15, 0.2) is 22.7 Å². The lowest BCUT2D eigenvalue weighted by atomic mass is 10.1. The van der Waals surface area contributed by atoms with Gasteiger partial charge in [0.15, 0.2) is 0 Å². The van der Waals surface area contributed by atoms with E-state index in [9.17, 15) is 4.79 Å². The zero-order chi connectivity index (χ0) is 22.0. The molecular formula is C21H29N7O3. The van der Waals surface area contributed by atoms with Crippen LogP contribution in [-0.2, 0) is 4.74 Å². The van der Waals surface area contributed by atoms with E-state index >= 15 is 0 Å². The molecule has 4 rings (SSSR count). The molecular weight excluding hydrogens is 398 g/mol. The second kappa shape index (κ2) is 8.54. The quantitative estimate of drug-likeness (QED) is 0.621. The van der Waals surface area contributed by atoms with Crippen LogP contribution >= 0.6 is 0 Å². The van der Waals surface area contributed by atoms with Crippen LogP contribution in [0.1, 0.15) is 26.3 Å². The van der Waals surface area contributed by atoms with Gasteiger partial charge in [-0.15, -0.1) is 0 Å². The molecule has 0 bridgehead atoms. The standard InChI is InChI=1S/C21H29N7O3/c1-21(2,3)30-20(29)28-8-6-27(7-9-28)19-25-18(26-31-19)14-4-5-15(11-22)17(10-14)24-16-12-23-13-16/h4-5,10-11,16,22-24H,6-9,12-13H2,1-3H3. The van der Waals surface area contributed by atoms with Crippen molar-refractivity contribution < 1.29 is 14.1 Å². The van der Waals surface area contributed by atoms with Gasteiger partial charge in [-0.25, -0.2) is 4.79 Å². The molecule has 3 N–H and O–H groups in total. The van der Waals surface area contributed by atoms with E-state index in [-0.39, 0.29) is 6.09 Å². The Kier molecular flexibility index (Phi) is 5.81. The Morgan fingerprint density at radius 3 is 2.65 bits per heavy atom. The normalized spacial score (nSPS) is 17.3. The number of anilines is 2. The number of amides is 1. The highest BCUT2D eigenvalue weighted by atomic mass is 16.6. The molecule has 2 aromatic rings. The van der Waals surface area contributed by atoms with Gasteiger partial charge in [0.05, 0.1) is 6.04 Å². The average molecular weight is 428 g/mol. The molecule has 10 nitrogen and oxygen atoms in total. The summed E-state index contributed by atoms with van der Waals surface area (Å²) < 4.78 is 10.9. The monoisotopic (exact) mass is 427 g/mol. The Morgan fingerprint density at radius 2 is 2.03 bits per heavy atom. The smallest absolute Gasteiger partial charge is 0.410 e. The van der Waals surface area contributed by atoms with Crippen molar-refractivity contribution in [2.75, 3.05) is 49.5 Å². The van der Waals surface area contributed by atoms with Crippen LogP contribution in [0, 0.1) is 5.41 Å². The molecule has 0 saturated carbocycles. The van der Waals surface area contributed by atoms with Crippen molar-refractivity contribution in [3.63, 3.8) is 0 Å². The molecule has 31 heavy (non-hydrogen) atoms. The first-order valence-electron chi connectivity index (χ1n) is 10.5. The van der Waals surface area contributed by atoms with Gasteiger partial charge in [0.1, 0.15) is 5.60 Å². The fraction of sp³-hybridized carbons (Fsp3) is 0.524. The van der Waals surface area contributed by atoms with Crippen LogP contribution in [0.5, 0.6) is 0 Å². The van der Waals surface area contributed by atoms with Gasteiger partial charge in [0.25, 0.3) is 0 Å². The number of ether oxygens (including phenoxy) is 1. The largest absolute Gasteiger partial charge is 0.444 e. The molecule has 2 aliphatic rings. The number of rotatable bonds is 5. The van der Waals surface area contributed by atoms with Gasteiger partial charge in [-0.1, -0.05) is 17.3 Å². The molecule has 0 atom stereocenters. The number of benzene rings is 1. The van der Waals surface area contributed by atoms with Gasteiger partial charge < -0.3 is 35.1 Å². The lowest BCUT2D eigenvalue weighted by Gasteiger charge is -2.34. The maximum absolute atomic E-state index is 12.2. The first-order valence-corrected chi connectivity index (χ1v) is 10.5. The Hall–Kier alpha value is -3.14. The predicted octanol–water partition coefficient (Wildman–Crippen LogP) is 2.18. The van der Waals surface area contributed by atoms with Crippen LogP contribution in [0.4, 0.5) is 16.5 Å². The van der Waals surface area contributed by atoms with E-state index in [0.717, 1.165) is 29.9 Å². The zero-order valence-electron chi connectivity index (χ0n) is 18.1. The van der Waals surface area contributed by atoms with E-state index < -0.39 is 5.60 Å². The number of nitrogens with zero attached hydrogens (tertiary/aromatic N) is 4. The van der Waals surface area contributed by atoms with E-state index in [1.54, 1.807) is 4.90 Å². The molecule has 0 aliphatic carbocycles. The molecule has 3 heterocycles. The highest BCUT2D eigenvalue weighted by molar-refractivity contribution is 5.87. The first kappa shape index (κ1) is 21.1. The van der Waals surface area contributed by atoms with Crippen molar-refractivity contribution in [1.29, 1.82) is 5.41 Å². The van der Waals surface area contributed by atoms with Crippen molar-refractivity contribution in [3.05, 3.63) is 23.8 Å². The van der Waals surface area contributed by atoms with Gasteiger partial charge in [-0.2, -0.15) is 4.98 Å². The minimum Gasteiger partial charge on any atom is -0.444 e. The lowest BCUT2D eigenvalue weighted by Crippen LogP contribution is -2.51. The van der Waals surface area contributed by atoms with Gasteiger partial charge in [0, 0.05) is 62.3 Å². The lowest BCUT2D eigenvalue weighted by molar-refractivity contribution is 0.0238. The van der Waals surface area contributed by atoms with Crippen LogP contribution in [0.3, 0.4) is 0 Å². The van der Waals surface area contributed by atoms with E-state index in [4.69, 9.17) is 14.7 Å². The van der Waals surface area contributed by atoms with Crippen LogP contribution in [0.25, 0.3) is 11.4 Å². The van der Waals surface area contributed by atoms with Crippen molar-refractivity contribution in [2.45, 2.75) is 32.4 Å². The summed E-state index contributed by atoms with van der Waals surface area (Å²) in [6.07, 6.45) is 1.04. The maximum atomic E-state index is 12.2. The summed E-state index contributed by atoms with van der Waals surface area (Å²) >= 11 is 0. The van der Waals surface area contributed by atoms with Gasteiger partial charge in [0.2, 0.25) is 5.82 Å². The van der Waals surface area contributed by atoms with Crippen LogP contribution in [-0.4, -0.2) is 78.3 Å². The minimum absolute atomic E-state index is 0.300. The molecule has 10 heteroatoms. The van der Waals surface area contributed by atoms with Crippen LogP contribution in [0.2, 0.25) is 0 Å². The molecule has 1 amide bonds. The summed E-state index contributed by atoms with van der Waals surface area (Å²) in [6, 6.07) is 6.52. The molecule has 1 aromatic heterocycles. The molecule has 0 radical (unpaired) electrons. The number of hydrogen-bond donors (Lipinski definition) is 3. The third-order valence-corrected chi connectivity index (χ3v) is 5.23. The summed E-state index contributed by atoms with van der Waals surface area (Å²) in [7, 11) is 0. The summed E-state index contributed by atoms with van der Waals surface area (Å²) in [6.45, 7) is 9.64. The van der Waals surface area contributed by atoms with Crippen LogP contribution < -0.4 is 15.5 Å². The predicted molar refractivity (Wildman–Crippen MR) is 118 cm³/mol. The number of piperazine rings is 1. The van der Waals surface area contributed by atoms with E-state index in [1.807, 2.05) is 43.9 Å². The second-order valence-electron chi connectivity index (χ2n) is 8.80. The minimum atomic E-state index is -0.508. The molecule has 0 spiro atoms. The maximum Gasteiger partial charge on any atom is 0.410 e. The number of nitrogens with one attached hydrogen (secondary N) is 3. The van der Waals surface area contributed by atoms with Crippen molar-refractivity contribution >= 4 is 24.0 Å². The second-order valence-corrected chi connectivity index (χ2v) is 8.80. The number of hydrogen-bond acceptors (Lipinski definition) is 9. The van der Waals surface area contributed by atoms with E-state index in [1.165, 1.54) is 6.21 Å². The zero-order valence-corrected chi connectivity index (χ0v) is 18.1. The summed E-state index contributed by atoms with van der Waals surface area (Å²) in [5.74, 6) is 0.496. The summed E-state index contributed by atoms with van der Waals surface area (Å²) in [5, 5.41) is 18.5. The third kappa shape index (κ3) is 4.96. The van der Waals surface area contributed by atoms with E-state index in [0.29, 0.717) is 44.1 Å². The first-order chi connectivity index (χ1) is 14.8. The fourth-order valence-corrected chi connectivity index (χ4v) is 3.42. The molecule has 1 aromatic carbocycles. The van der Waals surface area contributed by atoms with Crippen molar-refractivity contribution in [1.82, 2.24) is 20.4 Å². The topological polar surface area (TPSA) is 120 Å². The molecule has 2 saturated heterocycles. The summed E-state index contributed by atoms with van der Waals surface area (Å²) in [5.41, 5.74) is 2.02. The molecule has 0 unspecified atom stereocenters. The van der Waals surface area contributed by atoms with Gasteiger partial charge in [-0.05, 0) is 26.8 Å². The Labute approximate surface area is 181 Å². The molecule has 2 fully saturated rings. The summed E-state index contributed by atoms with van der Waals surface area (Å²) in [4.78, 5) is 20.5. The Balaban J connectivity index is 1.41. The molecule has 2 aliphatic heterocycles. The highest BCUT2D eigenvalue weighted by Crippen LogP contribution is 2.26. The van der Waals surface area contributed by atoms with Gasteiger partial charge >= 0.3 is 12.1 Å². The van der Waals surface area contributed by atoms with Crippen molar-refractivity contribution in [3.8, 4) is 11.4 Å². The average Bonchev–Trinajstić information content (AvgIpc) is 3.19. The Bertz CT molecular complexity index is 941.